The van der Waals surface area contributed by atoms with E-state index in [0.29, 0.717) is 11.3 Å². The van der Waals surface area contributed by atoms with E-state index in [9.17, 15) is 9.59 Å². The summed E-state index contributed by atoms with van der Waals surface area (Å²) < 4.78 is 10.4. The summed E-state index contributed by atoms with van der Waals surface area (Å²) in [5, 5.41) is 9.67. The van der Waals surface area contributed by atoms with E-state index in [0.717, 1.165) is 23.8 Å². The molecule has 1 aromatic carbocycles. The largest absolute Gasteiger partial charge is 0.479 e. The minimum Gasteiger partial charge on any atom is -0.479 e. The Bertz CT molecular complexity index is 686. The number of carboxylic acid groups (broad SMARTS) is 1. The lowest BCUT2D eigenvalue weighted by molar-refractivity contribution is -0.144. The van der Waals surface area contributed by atoms with Crippen molar-refractivity contribution in [2.45, 2.75) is 32.8 Å². The van der Waals surface area contributed by atoms with Gasteiger partial charge in [0, 0.05) is 17.5 Å². The van der Waals surface area contributed by atoms with Crippen LogP contribution in [0.3, 0.4) is 0 Å². The first-order valence-corrected chi connectivity index (χ1v) is 6.47. The summed E-state index contributed by atoms with van der Waals surface area (Å²) in [5.41, 5.74) is 0.928. The average molecular weight is 276 g/mol. The van der Waals surface area contributed by atoms with Gasteiger partial charge in [0.2, 0.25) is 0 Å². The first kappa shape index (κ1) is 14.1. The minimum atomic E-state index is -1.05. The molecule has 0 spiro atoms. The van der Waals surface area contributed by atoms with Crippen LogP contribution >= 0.6 is 0 Å². The quantitative estimate of drug-likeness (QED) is 0.849. The number of carboxylic acids is 1. The van der Waals surface area contributed by atoms with E-state index in [2.05, 4.69) is 0 Å². The highest BCUT2D eigenvalue weighted by molar-refractivity contribution is 5.81. The summed E-state index contributed by atoms with van der Waals surface area (Å²) in [4.78, 5) is 22.3. The number of ether oxygens (including phenoxy) is 1. The number of benzene rings is 1. The monoisotopic (exact) mass is 276 g/mol. The van der Waals surface area contributed by atoms with Crippen LogP contribution in [-0.2, 0) is 11.2 Å². The zero-order chi connectivity index (χ0) is 14.7. The molecule has 0 unspecified atom stereocenters. The van der Waals surface area contributed by atoms with Gasteiger partial charge >= 0.3 is 11.6 Å². The SMILES string of the molecule is CCCc1cc(=O)oc2cc(O[C@@H](C)C(=O)O)ccc12. The van der Waals surface area contributed by atoms with Crippen molar-refractivity contribution in [3.05, 3.63) is 40.2 Å². The first-order valence-electron chi connectivity index (χ1n) is 6.47. The molecule has 0 saturated carbocycles. The lowest BCUT2D eigenvalue weighted by atomic mass is 10.1. The summed E-state index contributed by atoms with van der Waals surface area (Å²) in [6, 6.07) is 6.51. The van der Waals surface area contributed by atoms with Gasteiger partial charge in [0.25, 0.3) is 0 Å². The molecule has 20 heavy (non-hydrogen) atoms. The molecular formula is C15H16O5. The molecule has 5 nitrogen and oxygen atoms in total. The Labute approximate surface area is 115 Å². The second-order valence-corrected chi connectivity index (χ2v) is 4.60. The molecule has 0 bridgehead atoms. The van der Waals surface area contributed by atoms with E-state index in [1.54, 1.807) is 18.2 Å². The molecule has 0 radical (unpaired) electrons. The zero-order valence-electron chi connectivity index (χ0n) is 11.4. The lowest BCUT2D eigenvalue weighted by Crippen LogP contribution is -2.22. The van der Waals surface area contributed by atoms with Crippen LogP contribution < -0.4 is 10.4 Å². The fourth-order valence-corrected chi connectivity index (χ4v) is 2.01. The van der Waals surface area contributed by atoms with Gasteiger partial charge in [-0.25, -0.2) is 9.59 Å². The van der Waals surface area contributed by atoms with Gasteiger partial charge < -0.3 is 14.3 Å². The molecule has 0 amide bonds. The third-order valence-corrected chi connectivity index (χ3v) is 2.98. The molecule has 0 aliphatic carbocycles. The van der Waals surface area contributed by atoms with Crippen molar-refractivity contribution >= 4 is 16.9 Å². The number of aryl methyl sites for hydroxylation is 1. The molecule has 1 heterocycles. The standard InChI is InChI=1S/C15H16O5/c1-3-4-10-7-14(16)20-13-8-11(5-6-12(10)13)19-9(2)15(17)18/h5-9H,3-4H2,1-2H3,(H,17,18)/t9-/m0/s1. The van der Waals surface area contributed by atoms with Gasteiger partial charge in [-0.3, -0.25) is 0 Å². The van der Waals surface area contributed by atoms with E-state index in [4.69, 9.17) is 14.3 Å². The second kappa shape index (κ2) is 5.77. The van der Waals surface area contributed by atoms with Gasteiger partial charge in [0.05, 0.1) is 0 Å². The molecular weight excluding hydrogens is 260 g/mol. The molecule has 1 atom stereocenters. The molecule has 0 saturated heterocycles. The van der Waals surface area contributed by atoms with Crippen LogP contribution in [0.15, 0.2) is 33.5 Å². The van der Waals surface area contributed by atoms with Gasteiger partial charge in [-0.2, -0.15) is 0 Å². The molecule has 1 N–H and O–H groups in total. The van der Waals surface area contributed by atoms with Gasteiger partial charge in [-0.15, -0.1) is 0 Å². The van der Waals surface area contributed by atoms with Crippen molar-refractivity contribution in [1.82, 2.24) is 0 Å². The molecule has 2 aromatic rings. The Morgan fingerprint density at radius 2 is 2.15 bits per heavy atom. The van der Waals surface area contributed by atoms with E-state index < -0.39 is 17.7 Å². The van der Waals surface area contributed by atoms with E-state index in [1.807, 2.05) is 6.92 Å². The van der Waals surface area contributed by atoms with Crippen LogP contribution in [0.4, 0.5) is 0 Å². The maximum absolute atomic E-state index is 11.5. The molecule has 0 fully saturated rings. The Hall–Kier alpha value is -2.30. The van der Waals surface area contributed by atoms with Gasteiger partial charge in [0.1, 0.15) is 11.3 Å². The highest BCUT2D eigenvalue weighted by Crippen LogP contribution is 2.24. The Morgan fingerprint density at radius 3 is 2.80 bits per heavy atom. The number of fused-ring (bicyclic) bond motifs is 1. The second-order valence-electron chi connectivity index (χ2n) is 4.60. The molecule has 5 heteroatoms. The van der Waals surface area contributed by atoms with Crippen molar-refractivity contribution in [2.75, 3.05) is 0 Å². The van der Waals surface area contributed by atoms with Crippen molar-refractivity contribution in [3.63, 3.8) is 0 Å². The summed E-state index contributed by atoms with van der Waals surface area (Å²) >= 11 is 0. The van der Waals surface area contributed by atoms with E-state index >= 15 is 0 Å². The maximum atomic E-state index is 11.5. The first-order chi connectivity index (χ1) is 9.51. The third-order valence-electron chi connectivity index (χ3n) is 2.98. The van der Waals surface area contributed by atoms with Gasteiger partial charge in [-0.1, -0.05) is 13.3 Å². The van der Waals surface area contributed by atoms with Crippen molar-refractivity contribution in [3.8, 4) is 5.75 Å². The fraction of sp³-hybridized carbons (Fsp3) is 0.333. The number of hydrogen-bond donors (Lipinski definition) is 1. The molecule has 1 aromatic heterocycles. The van der Waals surface area contributed by atoms with Crippen LogP contribution in [0, 0.1) is 0 Å². The zero-order valence-corrected chi connectivity index (χ0v) is 11.4. The van der Waals surface area contributed by atoms with Crippen LogP contribution in [-0.4, -0.2) is 17.2 Å². The van der Waals surface area contributed by atoms with Crippen LogP contribution in [0.25, 0.3) is 11.0 Å². The van der Waals surface area contributed by atoms with E-state index in [1.165, 1.54) is 13.0 Å². The molecule has 106 valence electrons. The average Bonchev–Trinajstić information content (AvgIpc) is 2.38. The predicted octanol–water partition coefficient (Wildman–Crippen LogP) is 2.60. The maximum Gasteiger partial charge on any atom is 0.344 e. The van der Waals surface area contributed by atoms with Crippen LogP contribution in [0.1, 0.15) is 25.8 Å². The van der Waals surface area contributed by atoms with Crippen LogP contribution in [0.5, 0.6) is 5.75 Å². The van der Waals surface area contributed by atoms with Gasteiger partial charge in [-0.05, 0) is 31.0 Å². The number of hydrogen-bond acceptors (Lipinski definition) is 4. The summed E-state index contributed by atoms with van der Waals surface area (Å²) in [7, 11) is 0. The third kappa shape index (κ3) is 2.99. The van der Waals surface area contributed by atoms with Crippen molar-refractivity contribution in [2.24, 2.45) is 0 Å². The predicted molar refractivity (Wildman–Crippen MR) is 74.2 cm³/mol. The Kier molecular flexibility index (Phi) is 4.08. The Balaban J connectivity index is 2.44. The van der Waals surface area contributed by atoms with Crippen molar-refractivity contribution in [1.29, 1.82) is 0 Å². The molecule has 0 aliphatic heterocycles. The van der Waals surface area contributed by atoms with Gasteiger partial charge in [0.15, 0.2) is 6.10 Å². The summed E-state index contributed by atoms with van der Waals surface area (Å²) in [6.45, 7) is 3.47. The number of carbonyl (C=O) groups is 1. The highest BCUT2D eigenvalue weighted by atomic mass is 16.5. The van der Waals surface area contributed by atoms with E-state index in [-0.39, 0.29) is 0 Å². The number of aliphatic carboxylic acids is 1. The number of rotatable bonds is 5. The minimum absolute atomic E-state index is 0.365. The Morgan fingerprint density at radius 1 is 1.40 bits per heavy atom. The molecule has 0 aliphatic rings. The topological polar surface area (TPSA) is 76.7 Å². The summed E-state index contributed by atoms with van der Waals surface area (Å²) in [5.74, 6) is -0.685. The normalized spacial score (nSPS) is 12.3. The molecule has 2 rings (SSSR count). The highest BCUT2D eigenvalue weighted by Gasteiger charge is 2.13. The summed E-state index contributed by atoms with van der Waals surface area (Å²) in [6.07, 6.45) is 0.749. The van der Waals surface area contributed by atoms with Crippen LogP contribution in [0.2, 0.25) is 0 Å². The fourth-order valence-electron chi connectivity index (χ4n) is 2.01. The smallest absolute Gasteiger partial charge is 0.344 e. The van der Waals surface area contributed by atoms with Crippen molar-refractivity contribution < 1.29 is 19.1 Å². The lowest BCUT2D eigenvalue weighted by Gasteiger charge is -2.11.